The van der Waals surface area contributed by atoms with Crippen molar-refractivity contribution in [2.45, 2.75) is 77.9 Å². The SMILES string of the molecule is C[C@H](Oc1ccc2c(c1)CCCC2)C(=O)N[C@@H](C)c1ccc(C(C)(C)C)cc1. The average Bonchev–Trinajstić information content (AvgIpc) is 2.67. The Balaban J connectivity index is 1.59. The van der Waals surface area contributed by atoms with Gasteiger partial charge in [0.15, 0.2) is 6.10 Å². The summed E-state index contributed by atoms with van der Waals surface area (Å²) in [6.45, 7) is 10.4. The Morgan fingerprint density at radius 2 is 1.61 bits per heavy atom. The van der Waals surface area contributed by atoms with Gasteiger partial charge >= 0.3 is 0 Å². The lowest BCUT2D eigenvalue weighted by Crippen LogP contribution is -2.37. The molecular formula is C25H33NO2. The van der Waals surface area contributed by atoms with E-state index in [9.17, 15) is 4.79 Å². The van der Waals surface area contributed by atoms with E-state index in [1.54, 1.807) is 0 Å². The van der Waals surface area contributed by atoms with Gasteiger partial charge in [0, 0.05) is 0 Å². The zero-order valence-corrected chi connectivity index (χ0v) is 17.8. The number of hydrogen-bond donors (Lipinski definition) is 1. The lowest BCUT2D eigenvalue weighted by atomic mass is 9.86. The third-order valence-corrected chi connectivity index (χ3v) is 5.64. The molecule has 1 aliphatic carbocycles. The zero-order chi connectivity index (χ0) is 20.3. The highest BCUT2D eigenvalue weighted by atomic mass is 16.5. The van der Waals surface area contributed by atoms with E-state index in [-0.39, 0.29) is 17.4 Å². The number of carbonyl (C=O) groups excluding carboxylic acids is 1. The summed E-state index contributed by atoms with van der Waals surface area (Å²) in [5.74, 6) is 0.690. The molecule has 0 fully saturated rings. The van der Waals surface area contributed by atoms with E-state index in [1.807, 2.05) is 19.9 Å². The molecule has 2 aromatic rings. The van der Waals surface area contributed by atoms with Crippen LogP contribution in [0.15, 0.2) is 42.5 Å². The molecule has 150 valence electrons. The molecule has 0 saturated heterocycles. The molecule has 0 bridgehead atoms. The van der Waals surface area contributed by atoms with Crippen LogP contribution in [0.2, 0.25) is 0 Å². The van der Waals surface area contributed by atoms with Gasteiger partial charge in [0.2, 0.25) is 0 Å². The summed E-state index contributed by atoms with van der Waals surface area (Å²) in [4.78, 5) is 12.6. The van der Waals surface area contributed by atoms with E-state index in [0.717, 1.165) is 24.2 Å². The van der Waals surface area contributed by atoms with E-state index in [1.165, 1.54) is 29.5 Å². The van der Waals surface area contributed by atoms with E-state index >= 15 is 0 Å². The van der Waals surface area contributed by atoms with Gasteiger partial charge in [-0.15, -0.1) is 0 Å². The number of ether oxygens (including phenoxy) is 1. The van der Waals surface area contributed by atoms with Gasteiger partial charge in [-0.05, 0) is 79.3 Å². The van der Waals surface area contributed by atoms with Crippen LogP contribution in [0, 0.1) is 0 Å². The number of aryl methyl sites for hydroxylation is 2. The van der Waals surface area contributed by atoms with Crippen LogP contribution < -0.4 is 10.1 Å². The number of fused-ring (bicyclic) bond motifs is 1. The second-order valence-electron chi connectivity index (χ2n) is 9.00. The van der Waals surface area contributed by atoms with E-state index in [2.05, 4.69) is 62.5 Å². The first-order valence-electron chi connectivity index (χ1n) is 10.4. The van der Waals surface area contributed by atoms with Crippen LogP contribution in [-0.4, -0.2) is 12.0 Å². The monoisotopic (exact) mass is 379 g/mol. The maximum atomic E-state index is 12.6. The van der Waals surface area contributed by atoms with Crippen LogP contribution in [-0.2, 0) is 23.1 Å². The van der Waals surface area contributed by atoms with Crippen LogP contribution in [0.4, 0.5) is 0 Å². The number of benzene rings is 2. The van der Waals surface area contributed by atoms with Crippen LogP contribution in [0.3, 0.4) is 0 Å². The fraction of sp³-hybridized carbons (Fsp3) is 0.480. The summed E-state index contributed by atoms with van der Waals surface area (Å²) in [5.41, 5.74) is 5.30. The minimum atomic E-state index is -0.530. The molecule has 0 saturated carbocycles. The quantitative estimate of drug-likeness (QED) is 0.744. The Kier molecular flexibility index (Phi) is 6.12. The molecule has 3 rings (SSSR count). The number of nitrogens with one attached hydrogen (secondary N) is 1. The smallest absolute Gasteiger partial charge is 0.261 e. The largest absolute Gasteiger partial charge is 0.481 e. The van der Waals surface area contributed by atoms with E-state index in [4.69, 9.17) is 4.74 Å². The second-order valence-corrected chi connectivity index (χ2v) is 9.00. The van der Waals surface area contributed by atoms with Crippen molar-refractivity contribution in [3.63, 3.8) is 0 Å². The Morgan fingerprint density at radius 1 is 0.964 bits per heavy atom. The highest BCUT2D eigenvalue weighted by Gasteiger charge is 2.19. The second kappa shape index (κ2) is 8.38. The van der Waals surface area contributed by atoms with Gasteiger partial charge in [0.25, 0.3) is 5.91 Å². The predicted octanol–water partition coefficient (Wildman–Crippen LogP) is 5.51. The fourth-order valence-corrected chi connectivity index (χ4v) is 3.73. The topological polar surface area (TPSA) is 38.3 Å². The summed E-state index contributed by atoms with van der Waals surface area (Å²) in [6, 6.07) is 14.7. The Morgan fingerprint density at radius 3 is 2.25 bits per heavy atom. The third-order valence-electron chi connectivity index (χ3n) is 5.64. The van der Waals surface area contributed by atoms with Crippen molar-refractivity contribution in [3.8, 4) is 5.75 Å². The maximum absolute atomic E-state index is 12.6. The van der Waals surface area contributed by atoms with Crippen molar-refractivity contribution in [1.82, 2.24) is 5.32 Å². The lowest BCUT2D eigenvalue weighted by molar-refractivity contribution is -0.127. The Bertz CT molecular complexity index is 817. The molecule has 1 N–H and O–H groups in total. The molecule has 0 unspecified atom stereocenters. The highest BCUT2D eigenvalue weighted by Crippen LogP contribution is 2.26. The Labute approximate surface area is 169 Å². The van der Waals surface area contributed by atoms with Crippen molar-refractivity contribution in [2.75, 3.05) is 0 Å². The summed E-state index contributed by atoms with van der Waals surface area (Å²) in [5, 5.41) is 3.07. The third kappa shape index (κ3) is 4.95. The van der Waals surface area contributed by atoms with Gasteiger partial charge in [-0.1, -0.05) is 51.1 Å². The van der Waals surface area contributed by atoms with Gasteiger partial charge in [-0.25, -0.2) is 0 Å². The molecule has 1 aliphatic rings. The van der Waals surface area contributed by atoms with Crippen LogP contribution in [0.1, 0.15) is 75.8 Å². The van der Waals surface area contributed by atoms with Crippen LogP contribution in [0.5, 0.6) is 5.75 Å². The van der Waals surface area contributed by atoms with Crippen molar-refractivity contribution < 1.29 is 9.53 Å². The van der Waals surface area contributed by atoms with E-state index < -0.39 is 6.10 Å². The molecule has 0 radical (unpaired) electrons. The fourth-order valence-electron chi connectivity index (χ4n) is 3.73. The summed E-state index contributed by atoms with van der Waals surface area (Å²) in [7, 11) is 0. The number of rotatable bonds is 5. The molecular weight excluding hydrogens is 346 g/mol. The molecule has 3 heteroatoms. The van der Waals surface area contributed by atoms with Crippen molar-refractivity contribution in [2.24, 2.45) is 0 Å². The molecule has 1 amide bonds. The average molecular weight is 380 g/mol. The first kappa shape index (κ1) is 20.4. The molecule has 0 aliphatic heterocycles. The van der Waals surface area contributed by atoms with Gasteiger partial charge in [0.1, 0.15) is 5.75 Å². The standard InChI is InChI=1S/C25H33NO2/c1-17(19-10-13-22(14-11-19)25(3,4)5)26-24(27)18(2)28-23-15-12-20-8-6-7-9-21(20)16-23/h10-18H,6-9H2,1-5H3,(H,26,27)/t17-,18-/m0/s1. The first-order valence-corrected chi connectivity index (χ1v) is 10.4. The molecule has 0 spiro atoms. The first-order chi connectivity index (χ1) is 13.2. The normalized spacial score (nSPS) is 16.0. The summed E-state index contributed by atoms with van der Waals surface area (Å²) < 4.78 is 5.93. The van der Waals surface area contributed by atoms with Gasteiger partial charge in [-0.3, -0.25) is 4.79 Å². The molecule has 2 aromatic carbocycles. The minimum Gasteiger partial charge on any atom is -0.481 e. The molecule has 3 nitrogen and oxygen atoms in total. The lowest BCUT2D eigenvalue weighted by Gasteiger charge is -2.22. The molecule has 28 heavy (non-hydrogen) atoms. The van der Waals surface area contributed by atoms with Crippen molar-refractivity contribution >= 4 is 5.91 Å². The summed E-state index contributed by atoms with van der Waals surface area (Å²) >= 11 is 0. The number of carbonyl (C=O) groups is 1. The van der Waals surface area contributed by atoms with Crippen molar-refractivity contribution in [3.05, 3.63) is 64.7 Å². The zero-order valence-electron chi connectivity index (χ0n) is 17.8. The molecule has 0 aromatic heterocycles. The Hall–Kier alpha value is -2.29. The summed E-state index contributed by atoms with van der Waals surface area (Å²) in [6.07, 6.45) is 4.22. The van der Waals surface area contributed by atoms with Gasteiger partial charge < -0.3 is 10.1 Å². The van der Waals surface area contributed by atoms with Crippen LogP contribution >= 0.6 is 0 Å². The molecule has 2 atom stereocenters. The number of hydrogen-bond acceptors (Lipinski definition) is 2. The maximum Gasteiger partial charge on any atom is 0.261 e. The van der Waals surface area contributed by atoms with Gasteiger partial charge in [0.05, 0.1) is 6.04 Å². The van der Waals surface area contributed by atoms with Crippen molar-refractivity contribution in [1.29, 1.82) is 0 Å². The molecule has 0 heterocycles. The van der Waals surface area contributed by atoms with Crippen LogP contribution in [0.25, 0.3) is 0 Å². The highest BCUT2D eigenvalue weighted by molar-refractivity contribution is 5.81. The number of amides is 1. The predicted molar refractivity (Wildman–Crippen MR) is 115 cm³/mol. The minimum absolute atomic E-state index is 0.0592. The van der Waals surface area contributed by atoms with Gasteiger partial charge in [-0.2, -0.15) is 0 Å². The van der Waals surface area contributed by atoms with E-state index in [0.29, 0.717) is 0 Å².